The van der Waals surface area contributed by atoms with Crippen molar-refractivity contribution in [1.29, 1.82) is 0 Å². The Labute approximate surface area is 140 Å². The van der Waals surface area contributed by atoms with Crippen molar-refractivity contribution in [1.82, 2.24) is 29.9 Å². The SMILES string of the molecule is Cc1ccc(N2CCN(c3nc(C)nc4c3cnn4C)CC2)nn1. The molecule has 0 spiro atoms. The van der Waals surface area contributed by atoms with Gasteiger partial charge in [0.1, 0.15) is 11.6 Å². The number of nitrogens with zero attached hydrogens (tertiary/aromatic N) is 8. The second-order valence-electron chi connectivity index (χ2n) is 6.11. The van der Waals surface area contributed by atoms with Crippen LogP contribution in [0.5, 0.6) is 0 Å². The first kappa shape index (κ1) is 14.8. The molecule has 0 bridgehead atoms. The highest BCUT2D eigenvalue weighted by Gasteiger charge is 2.22. The molecule has 3 aromatic rings. The maximum atomic E-state index is 4.66. The summed E-state index contributed by atoms with van der Waals surface area (Å²) in [5.74, 6) is 2.68. The summed E-state index contributed by atoms with van der Waals surface area (Å²) in [6, 6.07) is 4.04. The van der Waals surface area contributed by atoms with Gasteiger partial charge in [-0.25, -0.2) is 9.97 Å². The number of fused-ring (bicyclic) bond motifs is 1. The van der Waals surface area contributed by atoms with Crippen LogP contribution in [0.2, 0.25) is 0 Å². The van der Waals surface area contributed by atoms with Crippen LogP contribution in [-0.2, 0) is 7.05 Å². The molecule has 3 aromatic heterocycles. The minimum atomic E-state index is 0.771. The summed E-state index contributed by atoms with van der Waals surface area (Å²) in [4.78, 5) is 13.7. The lowest BCUT2D eigenvalue weighted by molar-refractivity contribution is 0.638. The summed E-state index contributed by atoms with van der Waals surface area (Å²) >= 11 is 0. The number of aryl methyl sites for hydroxylation is 3. The molecule has 0 aliphatic carbocycles. The second kappa shape index (κ2) is 5.70. The molecule has 0 radical (unpaired) electrons. The van der Waals surface area contributed by atoms with Gasteiger partial charge in [-0.15, -0.1) is 5.10 Å². The average Bonchev–Trinajstić information content (AvgIpc) is 2.96. The van der Waals surface area contributed by atoms with E-state index in [1.807, 2.05) is 39.2 Å². The summed E-state index contributed by atoms with van der Waals surface area (Å²) in [6.45, 7) is 7.43. The van der Waals surface area contributed by atoms with Crippen molar-refractivity contribution in [3.8, 4) is 0 Å². The minimum absolute atomic E-state index is 0.771. The molecule has 0 atom stereocenters. The maximum absolute atomic E-state index is 4.66. The van der Waals surface area contributed by atoms with Gasteiger partial charge in [0.05, 0.1) is 17.3 Å². The predicted octanol–water partition coefficient (Wildman–Crippen LogP) is 1.10. The fourth-order valence-corrected chi connectivity index (χ4v) is 3.06. The van der Waals surface area contributed by atoms with Crippen LogP contribution >= 0.6 is 0 Å². The zero-order valence-corrected chi connectivity index (χ0v) is 14.1. The fraction of sp³-hybridized carbons (Fsp3) is 0.438. The van der Waals surface area contributed by atoms with E-state index in [-0.39, 0.29) is 0 Å². The minimum Gasteiger partial charge on any atom is -0.352 e. The Hall–Kier alpha value is -2.77. The van der Waals surface area contributed by atoms with Gasteiger partial charge >= 0.3 is 0 Å². The molecule has 1 fully saturated rings. The highest BCUT2D eigenvalue weighted by atomic mass is 15.3. The molecule has 0 unspecified atom stereocenters. The van der Waals surface area contributed by atoms with Gasteiger partial charge < -0.3 is 9.80 Å². The Kier molecular flexibility index (Phi) is 3.51. The van der Waals surface area contributed by atoms with E-state index < -0.39 is 0 Å². The van der Waals surface area contributed by atoms with Crippen molar-refractivity contribution in [2.24, 2.45) is 7.05 Å². The van der Waals surface area contributed by atoms with Gasteiger partial charge in [0.25, 0.3) is 0 Å². The zero-order chi connectivity index (χ0) is 16.7. The molecule has 1 aliphatic rings. The Bertz CT molecular complexity index is 862. The average molecular weight is 324 g/mol. The lowest BCUT2D eigenvalue weighted by Crippen LogP contribution is -2.47. The van der Waals surface area contributed by atoms with Crippen LogP contribution in [0.4, 0.5) is 11.6 Å². The van der Waals surface area contributed by atoms with Crippen LogP contribution in [0.1, 0.15) is 11.5 Å². The number of hydrogen-bond acceptors (Lipinski definition) is 7. The van der Waals surface area contributed by atoms with E-state index in [0.29, 0.717) is 0 Å². The summed E-state index contributed by atoms with van der Waals surface area (Å²) < 4.78 is 1.80. The molecule has 0 N–H and O–H groups in total. The van der Waals surface area contributed by atoms with E-state index in [1.54, 1.807) is 4.68 Å². The molecular weight excluding hydrogens is 304 g/mol. The van der Waals surface area contributed by atoms with Crippen molar-refractivity contribution in [3.63, 3.8) is 0 Å². The molecule has 0 amide bonds. The third-order valence-electron chi connectivity index (χ3n) is 4.37. The van der Waals surface area contributed by atoms with E-state index in [1.165, 1.54) is 0 Å². The first-order chi connectivity index (χ1) is 11.6. The summed E-state index contributed by atoms with van der Waals surface area (Å²) in [7, 11) is 1.91. The van der Waals surface area contributed by atoms with E-state index in [0.717, 1.165) is 60.4 Å². The zero-order valence-electron chi connectivity index (χ0n) is 14.1. The molecule has 1 saturated heterocycles. The molecule has 8 nitrogen and oxygen atoms in total. The van der Waals surface area contributed by atoms with E-state index in [9.17, 15) is 0 Å². The number of piperazine rings is 1. The Morgan fingerprint density at radius 3 is 2.38 bits per heavy atom. The Morgan fingerprint density at radius 1 is 0.917 bits per heavy atom. The van der Waals surface area contributed by atoms with Gasteiger partial charge in [-0.05, 0) is 26.0 Å². The van der Waals surface area contributed by atoms with Crippen LogP contribution in [0.3, 0.4) is 0 Å². The van der Waals surface area contributed by atoms with Crippen molar-refractivity contribution in [2.75, 3.05) is 36.0 Å². The highest BCUT2D eigenvalue weighted by molar-refractivity contribution is 5.87. The van der Waals surface area contributed by atoms with Crippen molar-refractivity contribution < 1.29 is 0 Å². The molecule has 0 saturated carbocycles. The van der Waals surface area contributed by atoms with E-state index >= 15 is 0 Å². The van der Waals surface area contributed by atoms with Crippen molar-refractivity contribution >= 4 is 22.7 Å². The highest BCUT2D eigenvalue weighted by Crippen LogP contribution is 2.25. The topological polar surface area (TPSA) is 75.9 Å². The van der Waals surface area contributed by atoms with Crippen LogP contribution < -0.4 is 9.80 Å². The summed E-state index contributed by atoms with van der Waals surface area (Å²) in [5, 5.41) is 13.8. The van der Waals surface area contributed by atoms with Gasteiger partial charge in [0, 0.05) is 33.2 Å². The fourth-order valence-electron chi connectivity index (χ4n) is 3.06. The normalized spacial score (nSPS) is 15.3. The number of hydrogen-bond donors (Lipinski definition) is 0. The molecule has 1 aliphatic heterocycles. The molecule has 4 heterocycles. The maximum Gasteiger partial charge on any atom is 0.163 e. The standard InChI is InChI=1S/C16H20N8/c1-11-4-5-14(21-20-11)23-6-8-24(9-7-23)16-13-10-17-22(3)15(13)18-12(2)19-16/h4-5,10H,6-9H2,1-3H3. The van der Waals surface area contributed by atoms with Crippen LogP contribution in [0.25, 0.3) is 11.0 Å². The van der Waals surface area contributed by atoms with Crippen molar-refractivity contribution in [2.45, 2.75) is 13.8 Å². The summed E-state index contributed by atoms with van der Waals surface area (Å²) in [6.07, 6.45) is 1.85. The molecular formula is C16H20N8. The largest absolute Gasteiger partial charge is 0.352 e. The molecule has 124 valence electrons. The first-order valence-electron chi connectivity index (χ1n) is 8.08. The third kappa shape index (κ3) is 2.53. The lowest BCUT2D eigenvalue weighted by atomic mass is 10.2. The van der Waals surface area contributed by atoms with Gasteiger partial charge in [-0.3, -0.25) is 4.68 Å². The van der Waals surface area contributed by atoms with Crippen LogP contribution in [-0.4, -0.2) is 56.1 Å². The third-order valence-corrected chi connectivity index (χ3v) is 4.37. The molecule has 4 rings (SSSR count). The number of aromatic nitrogens is 6. The van der Waals surface area contributed by atoms with Crippen LogP contribution in [0.15, 0.2) is 18.3 Å². The first-order valence-corrected chi connectivity index (χ1v) is 8.08. The Morgan fingerprint density at radius 2 is 1.67 bits per heavy atom. The molecule has 0 aromatic carbocycles. The Balaban J connectivity index is 1.57. The molecule has 8 heteroatoms. The van der Waals surface area contributed by atoms with Gasteiger partial charge in [-0.1, -0.05) is 0 Å². The second-order valence-corrected chi connectivity index (χ2v) is 6.11. The quantitative estimate of drug-likeness (QED) is 0.698. The van der Waals surface area contributed by atoms with Gasteiger partial charge in [-0.2, -0.15) is 10.2 Å². The van der Waals surface area contributed by atoms with E-state index in [2.05, 4.69) is 35.1 Å². The van der Waals surface area contributed by atoms with Crippen molar-refractivity contribution in [3.05, 3.63) is 29.8 Å². The lowest BCUT2D eigenvalue weighted by Gasteiger charge is -2.36. The van der Waals surface area contributed by atoms with Gasteiger partial charge in [0.15, 0.2) is 11.5 Å². The number of rotatable bonds is 2. The predicted molar refractivity (Wildman–Crippen MR) is 92.2 cm³/mol. The van der Waals surface area contributed by atoms with Crippen LogP contribution in [0, 0.1) is 13.8 Å². The smallest absolute Gasteiger partial charge is 0.163 e. The molecule has 24 heavy (non-hydrogen) atoms. The monoisotopic (exact) mass is 324 g/mol. The van der Waals surface area contributed by atoms with Gasteiger partial charge in [0.2, 0.25) is 0 Å². The summed E-state index contributed by atoms with van der Waals surface area (Å²) in [5.41, 5.74) is 1.82. The number of anilines is 2. The van der Waals surface area contributed by atoms with E-state index in [4.69, 9.17) is 0 Å².